The third kappa shape index (κ3) is 9.59. The van der Waals surface area contributed by atoms with Gasteiger partial charge in [0.2, 0.25) is 0 Å². The Labute approximate surface area is 93.3 Å². The lowest BCUT2D eigenvalue weighted by molar-refractivity contribution is -0.136. The second kappa shape index (κ2) is 15.0. The van der Waals surface area contributed by atoms with Gasteiger partial charge in [0.15, 0.2) is 0 Å². The zero-order valence-corrected chi connectivity index (χ0v) is 11.2. The van der Waals surface area contributed by atoms with Crippen molar-refractivity contribution < 1.29 is 9.53 Å². The standard InChI is InChI=1S/C7H11ClO2.2C2H6/c1-4-6(5(2)8)7(9)10-3;2*1-2/h4H2,1-3H3;2*1-2H3/b6-5-;;. The van der Waals surface area contributed by atoms with Crippen LogP contribution in [-0.4, -0.2) is 13.1 Å². The molecule has 0 fully saturated rings. The van der Waals surface area contributed by atoms with Gasteiger partial charge in [-0.05, 0) is 13.3 Å². The van der Waals surface area contributed by atoms with Crippen molar-refractivity contribution in [1.29, 1.82) is 0 Å². The second-order valence-electron chi connectivity index (χ2n) is 1.86. The van der Waals surface area contributed by atoms with Gasteiger partial charge in [-0.15, -0.1) is 0 Å². The molecule has 0 unspecified atom stereocenters. The Morgan fingerprint density at radius 2 is 1.57 bits per heavy atom. The van der Waals surface area contributed by atoms with Crippen molar-refractivity contribution in [1.82, 2.24) is 0 Å². The number of hydrogen-bond acceptors (Lipinski definition) is 2. The number of allylic oxidation sites excluding steroid dienone is 1. The van der Waals surface area contributed by atoms with Crippen molar-refractivity contribution in [2.45, 2.75) is 48.0 Å². The van der Waals surface area contributed by atoms with Crippen molar-refractivity contribution in [3.8, 4) is 0 Å². The van der Waals surface area contributed by atoms with Crippen LogP contribution in [0.15, 0.2) is 10.6 Å². The van der Waals surface area contributed by atoms with Crippen LogP contribution in [0, 0.1) is 0 Å². The maximum atomic E-state index is 10.8. The first-order valence-electron chi connectivity index (χ1n) is 5.07. The van der Waals surface area contributed by atoms with Gasteiger partial charge in [0.05, 0.1) is 12.7 Å². The first-order valence-corrected chi connectivity index (χ1v) is 5.44. The molecule has 0 amide bonds. The summed E-state index contributed by atoms with van der Waals surface area (Å²) in [7, 11) is 1.35. The van der Waals surface area contributed by atoms with Crippen molar-refractivity contribution >= 4 is 17.6 Å². The minimum absolute atomic E-state index is 0.338. The predicted octanol–water partition coefficient (Wildman–Crippen LogP) is 4.13. The van der Waals surface area contributed by atoms with Gasteiger partial charge in [0, 0.05) is 5.03 Å². The number of halogens is 1. The quantitative estimate of drug-likeness (QED) is 0.519. The molecule has 3 heteroatoms. The van der Waals surface area contributed by atoms with Crippen LogP contribution in [0.1, 0.15) is 48.0 Å². The molecule has 86 valence electrons. The van der Waals surface area contributed by atoms with Gasteiger partial charge in [-0.25, -0.2) is 4.79 Å². The smallest absolute Gasteiger partial charge is 0.334 e. The summed E-state index contributed by atoms with van der Waals surface area (Å²) in [6.45, 7) is 11.5. The largest absolute Gasteiger partial charge is 0.466 e. The molecule has 0 rings (SSSR count). The summed E-state index contributed by atoms with van der Waals surface area (Å²) >= 11 is 5.60. The number of methoxy groups -OCH3 is 1. The summed E-state index contributed by atoms with van der Waals surface area (Å²) in [5, 5.41) is 0.509. The van der Waals surface area contributed by atoms with E-state index in [1.54, 1.807) is 6.92 Å². The number of carbonyl (C=O) groups is 1. The number of esters is 1. The van der Waals surface area contributed by atoms with E-state index in [-0.39, 0.29) is 5.97 Å². The van der Waals surface area contributed by atoms with E-state index in [1.165, 1.54) is 7.11 Å². The Morgan fingerprint density at radius 1 is 1.21 bits per heavy atom. The van der Waals surface area contributed by atoms with E-state index in [1.807, 2.05) is 34.6 Å². The SMILES string of the molecule is CC.CC.CC/C(C(=O)OC)=C(\C)Cl. The lowest BCUT2D eigenvalue weighted by Crippen LogP contribution is -2.04. The minimum Gasteiger partial charge on any atom is -0.466 e. The molecule has 0 aromatic carbocycles. The zero-order chi connectivity index (χ0) is 12.1. The van der Waals surface area contributed by atoms with Crippen molar-refractivity contribution in [2.24, 2.45) is 0 Å². The summed E-state index contributed by atoms with van der Waals surface area (Å²) in [4.78, 5) is 10.8. The Hall–Kier alpha value is -0.500. The number of rotatable bonds is 2. The Kier molecular flexibility index (Phi) is 20.5. The minimum atomic E-state index is -0.338. The fourth-order valence-corrected chi connectivity index (χ4v) is 0.863. The molecular formula is C11H23ClO2. The average molecular weight is 223 g/mol. The molecule has 0 radical (unpaired) electrons. The monoisotopic (exact) mass is 222 g/mol. The normalized spacial score (nSPS) is 9.71. The van der Waals surface area contributed by atoms with Crippen LogP contribution in [0.4, 0.5) is 0 Å². The number of carbonyl (C=O) groups excluding carboxylic acids is 1. The fourth-order valence-electron chi connectivity index (χ4n) is 0.652. The molecule has 0 aliphatic rings. The van der Waals surface area contributed by atoms with Gasteiger partial charge in [0.1, 0.15) is 0 Å². The van der Waals surface area contributed by atoms with E-state index in [2.05, 4.69) is 4.74 Å². The molecule has 2 nitrogen and oxygen atoms in total. The van der Waals surface area contributed by atoms with Crippen LogP contribution in [0.2, 0.25) is 0 Å². The Morgan fingerprint density at radius 3 is 1.64 bits per heavy atom. The maximum Gasteiger partial charge on any atom is 0.334 e. The van der Waals surface area contributed by atoms with Crippen molar-refractivity contribution in [2.75, 3.05) is 7.11 Å². The molecule has 0 aliphatic carbocycles. The molecule has 0 aromatic rings. The molecule has 14 heavy (non-hydrogen) atoms. The van der Waals surface area contributed by atoms with Crippen LogP contribution in [-0.2, 0) is 9.53 Å². The van der Waals surface area contributed by atoms with E-state index < -0.39 is 0 Å². The first kappa shape index (κ1) is 19.1. The highest BCUT2D eigenvalue weighted by atomic mass is 35.5. The highest BCUT2D eigenvalue weighted by molar-refractivity contribution is 6.31. The van der Waals surface area contributed by atoms with Crippen LogP contribution >= 0.6 is 11.6 Å². The second-order valence-corrected chi connectivity index (χ2v) is 2.42. The summed E-state index contributed by atoms with van der Waals surface area (Å²) in [6, 6.07) is 0. The van der Waals surface area contributed by atoms with Gasteiger partial charge in [-0.1, -0.05) is 46.2 Å². The van der Waals surface area contributed by atoms with Gasteiger partial charge < -0.3 is 4.74 Å². The third-order valence-electron chi connectivity index (χ3n) is 1.20. The lowest BCUT2D eigenvalue weighted by Gasteiger charge is -2.01. The highest BCUT2D eigenvalue weighted by Crippen LogP contribution is 2.12. The molecule has 0 atom stereocenters. The molecule has 0 spiro atoms. The van der Waals surface area contributed by atoms with Crippen LogP contribution in [0.5, 0.6) is 0 Å². The number of ether oxygens (including phenoxy) is 1. The van der Waals surface area contributed by atoms with Crippen LogP contribution in [0.25, 0.3) is 0 Å². The number of hydrogen-bond donors (Lipinski definition) is 0. The highest BCUT2D eigenvalue weighted by Gasteiger charge is 2.08. The van der Waals surface area contributed by atoms with Gasteiger partial charge in [-0.2, -0.15) is 0 Å². The lowest BCUT2D eigenvalue weighted by atomic mass is 10.2. The van der Waals surface area contributed by atoms with E-state index in [0.717, 1.165) is 0 Å². The van der Waals surface area contributed by atoms with Gasteiger partial charge in [0.25, 0.3) is 0 Å². The molecule has 0 bridgehead atoms. The fraction of sp³-hybridized carbons (Fsp3) is 0.727. The maximum absolute atomic E-state index is 10.8. The van der Waals surface area contributed by atoms with Gasteiger partial charge >= 0.3 is 5.97 Å². The molecular weight excluding hydrogens is 200 g/mol. The summed E-state index contributed by atoms with van der Waals surface area (Å²) in [5.74, 6) is -0.338. The molecule has 0 saturated carbocycles. The van der Waals surface area contributed by atoms with E-state index in [0.29, 0.717) is 17.0 Å². The zero-order valence-electron chi connectivity index (χ0n) is 10.4. The predicted molar refractivity (Wildman–Crippen MR) is 63.6 cm³/mol. The van der Waals surface area contributed by atoms with Gasteiger partial charge in [-0.3, -0.25) is 0 Å². The molecule has 0 N–H and O–H groups in total. The van der Waals surface area contributed by atoms with E-state index in [4.69, 9.17) is 11.6 Å². The van der Waals surface area contributed by atoms with Crippen LogP contribution in [0.3, 0.4) is 0 Å². The van der Waals surface area contributed by atoms with Crippen LogP contribution < -0.4 is 0 Å². The van der Waals surface area contributed by atoms with Crippen molar-refractivity contribution in [3.05, 3.63) is 10.6 Å². The molecule has 0 aromatic heterocycles. The third-order valence-corrected chi connectivity index (χ3v) is 1.43. The van der Waals surface area contributed by atoms with E-state index >= 15 is 0 Å². The molecule has 0 heterocycles. The Balaban J connectivity index is -0.000000266. The average Bonchev–Trinajstić information content (AvgIpc) is 2.24. The summed E-state index contributed by atoms with van der Waals surface area (Å²) in [5.41, 5.74) is 0.546. The topological polar surface area (TPSA) is 26.3 Å². The van der Waals surface area contributed by atoms with Crippen molar-refractivity contribution in [3.63, 3.8) is 0 Å². The first-order chi connectivity index (χ1) is 6.63. The molecule has 0 saturated heterocycles. The van der Waals surface area contributed by atoms with E-state index in [9.17, 15) is 4.79 Å². The Bertz CT molecular complexity index is 159. The summed E-state index contributed by atoms with van der Waals surface area (Å²) in [6.07, 6.45) is 0.613. The summed E-state index contributed by atoms with van der Waals surface area (Å²) < 4.78 is 4.48. The molecule has 0 aliphatic heterocycles.